The van der Waals surface area contributed by atoms with Gasteiger partial charge >= 0.3 is 5.97 Å². The number of hydrogen-bond donors (Lipinski definition) is 0. The van der Waals surface area contributed by atoms with Crippen LogP contribution in [0.1, 0.15) is 13.8 Å². The zero-order chi connectivity index (χ0) is 7.98. The Morgan fingerprint density at radius 3 is 2.70 bits per heavy atom. The Labute approximate surface area is 60.3 Å². The zero-order valence-electron chi connectivity index (χ0n) is 6.09. The van der Waals surface area contributed by atoms with Crippen LogP contribution in [0.4, 0.5) is 0 Å². The molecule has 0 aliphatic heterocycles. The molecule has 56 valence electrons. The van der Waals surface area contributed by atoms with Crippen molar-refractivity contribution in [1.29, 1.82) is 0 Å². The highest BCUT2D eigenvalue weighted by Gasteiger charge is 2.05. The topological polar surface area (TPSA) is 35.5 Å². The van der Waals surface area contributed by atoms with Crippen LogP contribution in [-0.4, -0.2) is 18.9 Å². The van der Waals surface area contributed by atoms with Crippen molar-refractivity contribution in [1.82, 2.24) is 0 Å². The standard InChI is InChI=1S/C7H10O3/c1-4-7(9-5-2)10-6(3)8/h1,7H,5H2,2-3H3. The molecular weight excluding hydrogens is 132 g/mol. The van der Waals surface area contributed by atoms with E-state index in [1.54, 1.807) is 6.92 Å². The summed E-state index contributed by atoms with van der Waals surface area (Å²) in [6.45, 7) is 3.49. The molecule has 0 fully saturated rings. The first-order valence-corrected chi connectivity index (χ1v) is 2.95. The van der Waals surface area contributed by atoms with Crippen LogP contribution in [0.5, 0.6) is 0 Å². The molecule has 0 aliphatic carbocycles. The van der Waals surface area contributed by atoms with E-state index in [4.69, 9.17) is 11.2 Å². The number of ether oxygens (including phenoxy) is 2. The fourth-order valence-corrected chi connectivity index (χ4v) is 0.418. The van der Waals surface area contributed by atoms with Gasteiger partial charge in [-0.05, 0) is 12.8 Å². The lowest BCUT2D eigenvalue weighted by Gasteiger charge is -2.08. The maximum absolute atomic E-state index is 10.3. The molecule has 0 saturated heterocycles. The summed E-state index contributed by atoms with van der Waals surface area (Å²) in [5, 5.41) is 0. The summed E-state index contributed by atoms with van der Waals surface area (Å²) >= 11 is 0. The molecule has 0 amide bonds. The normalized spacial score (nSPS) is 11.7. The predicted molar refractivity (Wildman–Crippen MR) is 36.0 cm³/mol. The predicted octanol–water partition coefficient (Wildman–Crippen LogP) is 0.545. The zero-order valence-corrected chi connectivity index (χ0v) is 6.09. The molecule has 0 saturated carbocycles. The maximum atomic E-state index is 10.3. The Kier molecular flexibility index (Phi) is 4.34. The van der Waals surface area contributed by atoms with Crippen LogP contribution < -0.4 is 0 Å². The van der Waals surface area contributed by atoms with E-state index in [9.17, 15) is 4.79 Å². The van der Waals surface area contributed by atoms with Gasteiger partial charge in [0.15, 0.2) is 0 Å². The van der Waals surface area contributed by atoms with Crippen molar-refractivity contribution in [3.8, 4) is 12.3 Å². The Balaban J connectivity index is 3.63. The number of carbonyl (C=O) groups is 1. The quantitative estimate of drug-likeness (QED) is 0.328. The van der Waals surface area contributed by atoms with Crippen molar-refractivity contribution >= 4 is 5.97 Å². The van der Waals surface area contributed by atoms with Gasteiger partial charge in [-0.1, -0.05) is 0 Å². The van der Waals surface area contributed by atoms with Crippen molar-refractivity contribution in [3.63, 3.8) is 0 Å². The van der Waals surface area contributed by atoms with E-state index in [2.05, 4.69) is 10.7 Å². The Morgan fingerprint density at radius 1 is 1.80 bits per heavy atom. The molecule has 0 N–H and O–H groups in total. The van der Waals surface area contributed by atoms with E-state index in [1.165, 1.54) is 6.92 Å². The molecule has 1 atom stereocenters. The molecule has 0 aromatic rings. The first kappa shape index (κ1) is 8.99. The molecule has 0 bridgehead atoms. The molecule has 0 radical (unpaired) electrons. The summed E-state index contributed by atoms with van der Waals surface area (Å²) in [5.41, 5.74) is 0. The molecule has 0 aromatic carbocycles. The largest absolute Gasteiger partial charge is 0.424 e. The van der Waals surface area contributed by atoms with Gasteiger partial charge in [0, 0.05) is 13.5 Å². The van der Waals surface area contributed by atoms with Crippen molar-refractivity contribution in [2.24, 2.45) is 0 Å². The van der Waals surface area contributed by atoms with Gasteiger partial charge in [-0.15, -0.1) is 6.42 Å². The molecule has 3 heteroatoms. The summed E-state index contributed by atoms with van der Waals surface area (Å²) in [7, 11) is 0. The van der Waals surface area contributed by atoms with Gasteiger partial charge in [0.05, 0.1) is 0 Å². The molecule has 1 unspecified atom stereocenters. The Hall–Kier alpha value is -1.01. The van der Waals surface area contributed by atoms with Gasteiger partial charge in [0.1, 0.15) is 0 Å². The van der Waals surface area contributed by atoms with E-state index in [1.807, 2.05) is 0 Å². The molecule has 0 rings (SSSR count). The van der Waals surface area contributed by atoms with Gasteiger partial charge in [-0.3, -0.25) is 4.79 Å². The van der Waals surface area contributed by atoms with Gasteiger partial charge in [0.25, 0.3) is 6.29 Å². The SMILES string of the molecule is C#CC(OCC)OC(C)=O. The first-order chi connectivity index (χ1) is 4.70. The number of esters is 1. The highest BCUT2D eigenvalue weighted by atomic mass is 16.7. The van der Waals surface area contributed by atoms with E-state index < -0.39 is 12.3 Å². The average molecular weight is 142 g/mol. The minimum absolute atomic E-state index is 0.433. The second kappa shape index (κ2) is 4.83. The van der Waals surface area contributed by atoms with Gasteiger partial charge in [-0.2, -0.15) is 0 Å². The highest BCUT2D eigenvalue weighted by molar-refractivity contribution is 5.66. The summed E-state index contributed by atoms with van der Waals surface area (Å²) < 4.78 is 9.37. The third kappa shape index (κ3) is 3.93. The number of rotatable bonds is 3. The van der Waals surface area contributed by atoms with Crippen LogP contribution in [0.3, 0.4) is 0 Å². The molecule has 0 spiro atoms. The summed E-state index contributed by atoms with van der Waals surface area (Å²) in [6.07, 6.45) is 4.12. The van der Waals surface area contributed by atoms with Crippen molar-refractivity contribution < 1.29 is 14.3 Å². The third-order valence-electron chi connectivity index (χ3n) is 0.727. The maximum Gasteiger partial charge on any atom is 0.305 e. The first-order valence-electron chi connectivity index (χ1n) is 2.95. The molecule has 10 heavy (non-hydrogen) atoms. The minimum atomic E-state index is -0.831. The Bertz CT molecular complexity index is 145. The smallest absolute Gasteiger partial charge is 0.305 e. The summed E-state index contributed by atoms with van der Waals surface area (Å²) in [4.78, 5) is 10.3. The Morgan fingerprint density at radius 2 is 2.40 bits per heavy atom. The van der Waals surface area contributed by atoms with E-state index in [-0.39, 0.29) is 0 Å². The third-order valence-corrected chi connectivity index (χ3v) is 0.727. The van der Waals surface area contributed by atoms with E-state index in [0.717, 1.165) is 0 Å². The van der Waals surface area contributed by atoms with Crippen LogP contribution in [0, 0.1) is 12.3 Å². The second-order valence-electron chi connectivity index (χ2n) is 1.56. The average Bonchev–Trinajstić information content (AvgIpc) is 1.86. The fourth-order valence-electron chi connectivity index (χ4n) is 0.418. The van der Waals surface area contributed by atoms with Crippen LogP contribution in [-0.2, 0) is 14.3 Å². The number of hydrogen-bond acceptors (Lipinski definition) is 3. The lowest BCUT2D eigenvalue weighted by atomic mass is 10.6. The van der Waals surface area contributed by atoms with Gasteiger partial charge < -0.3 is 9.47 Å². The van der Waals surface area contributed by atoms with Crippen LogP contribution in [0.2, 0.25) is 0 Å². The van der Waals surface area contributed by atoms with E-state index >= 15 is 0 Å². The molecule has 0 aliphatic rings. The van der Waals surface area contributed by atoms with E-state index in [0.29, 0.717) is 6.61 Å². The van der Waals surface area contributed by atoms with Gasteiger partial charge in [-0.25, -0.2) is 0 Å². The summed E-state index contributed by atoms with van der Waals surface area (Å²) in [6, 6.07) is 0. The second-order valence-corrected chi connectivity index (χ2v) is 1.56. The summed E-state index contributed by atoms with van der Waals surface area (Å²) in [5.74, 6) is 1.74. The van der Waals surface area contributed by atoms with Crippen molar-refractivity contribution in [3.05, 3.63) is 0 Å². The monoisotopic (exact) mass is 142 g/mol. The molecule has 0 heterocycles. The van der Waals surface area contributed by atoms with Gasteiger partial charge in [0.2, 0.25) is 0 Å². The highest BCUT2D eigenvalue weighted by Crippen LogP contribution is 1.92. The molecule has 0 aromatic heterocycles. The lowest BCUT2D eigenvalue weighted by Crippen LogP contribution is -2.17. The number of terminal acetylenes is 1. The van der Waals surface area contributed by atoms with Crippen LogP contribution >= 0.6 is 0 Å². The van der Waals surface area contributed by atoms with Crippen LogP contribution in [0.15, 0.2) is 0 Å². The fraction of sp³-hybridized carbons (Fsp3) is 0.571. The van der Waals surface area contributed by atoms with Crippen molar-refractivity contribution in [2.75, 3.05) is 6.61 Å². The molecule has 3 nitrogen and oxygen atoms in total. The minimum Gasteiger partial charge on any atom is -0.424 e. The van der Waals surface area contributed by atoms with Crippen LogP contribution in [0.25, 0.3) is 0 Å². The lowest BCUT2D eigenvalue weighted by molar-refractivity contribution is -0.163. The number of carbonyl (C=O) groups excluding carboxylic acids is 1. The van der Waals surface area contributed by atoms with Crippen molar-refractivity contribution in [2.45, 2.75) is 20.1 Å². The molecular formula is C7H10O3.